The molecule has 6 rings (SSSR count). The van der Waals surface area contributed by atoms with Crippen LogP contribution in [0, 0.1) is 11.8 Å². The van der Waals surface area contributed by atoms with E-state index in [1.165, 1.54) is 122 Å². The van der Waals surface area contributed by atoms with Crippen LogP contribution >= 0.6 is 0 Å². The van der Waals surface area contributed by atoms with Gasteiger partial charge in [0.2, 0.25) is 0 Å². The van der Waals surface area contributed by atoms with E-state index >= 15 is 0 Å². The van der Waals surface area contributed by atoms with Crippen LogP contribution in [0.3, 0.4) is 0 Å². The summed E-state index contributed by atoms with van der Waals surface area (Å²) in [6.45, 7) is 9.50. The molecule has 2 aromatic carbocycles. The molecule has 2 amide bonds. The third-order valence-electron chi connectivity index (χ3n) is 11.1. The van der Waals surface area contributed by atoms with Gasteiger partial charge in [-0.25, -0.2) is 0 Å². The largest absolute Gasteiger partial charge is 0.349 e. The smallest absolute Gasteiger partial charge is 0.251 e. The van der Waals surface area contributed by atoms with Gasteiger partial charge in [-0.2, -0.15) is 0 Å². The van der Waals surface area contributed by atoms with Crippen LogP contribution in [0.15, 0.2) is 54.6 Å². The van der Waals surface area contributed by atoms with Crippen LogP contribution < -0.4 is 10.6 Å². The van der Waals surface area contributed by atoms with Crippen molar-refractivity contribution >= 4 is 11.8 Å². The first-order chi connectivity index (χ1) is 23.1. The number of likely N-dealkylation sites (tertiary alicyclic amines) is 2. The Bertz CT molecular complexity index is 1190. The number of nitrogens with one attached hydrogen (secondary N) is 2. The molecule has 47 heavy (non-hydrogen) atoms. The zero-order valence-corrected chi connectivity index (χ0v) is 29.3. The molecule has 0 radical (unpaired) electrons. The summed E-state index contributed by atoms with van der Waals surface area (Å²) in [4.78, 5) is 30.4. The molecule has 2 heterocycles. The third-order valence-corrected chi connectivity index (χ3v) is 11.1. The number of hydrogen-bond donors (Lipinski definition) is 2. The second-order valence-corrected chi connectivity index (χ2v) is 14.8. The van der Waals surface area contributed by atoms with Gasteiger partial charge in [-0.05, 0) is 126 Å². The van der Waals surface area contributed by atoms with Gasteiger partial charge in [-0.15, -0.1) is 0 Å². The van der Waals surface area contributed by atoms with Crippen LogP contribution in [0.25, 0.3) is 0 Å². The van der Waals surface area contributed by atoms with E-state index in [2.05, 4.69) is 39.5 Å². The van der Waals surface area contributed by atoms with E-state index in [-0.39, 0.29) is 11.8 Å². The minimum absolute atomic E-state index is 0.0937. The summed E-state index contributed by atoms with van der Waals surface area (Å²) in [5.41, 5.74) is 2.91. The number of carbonyl (C=O) groups is 2. The summed E-state index contributed by atoms with van der Waals surface area (Å²) >= 11 is 0. The number of hydrogen-bond acceptors (Lipinski definition) is 4. The summed E-state index contributed by atoms with van der Waals surface area (Å²) < 4.78 is 0. The first kappa shape index (κ1) is 35.6. The highest BCUT2D eigenvalue weighted by Gasteiger charge is 2.30. The van der Waals surface area contributed by atoms with Crippen LogP contribution in [0.2, 0.25) is 0 Å². The Labute approximate surface area is 285 Å². The van der Waals surface area contributed by atoms with Gasteiger partial charge >= 0.3 is 0 Å². The molecule has 2 saturated carbocycles. The topological polar surface area (TPSA) is 64.7 Å². The standard InChI is InChI=1S/C22H34N2O.C19H28N2O/c1-2-8-18-11-13-19(14-12-18)22(25)23-21-10-5-4-9-20(21)17-24-15-6-3-7-16-24;22-19(16-9-3-1-4-10-16)20-18-12-6-5-11-17(18)15-21-13-7-2-8-14-21/h11-14,20-21H,2-10,15-17H2,1H3,(H,23,25);1,3-4,9-10,17-18H,2,5-8,11-15H2,(H,20,22)/t20-,21+;17-,18+/m00/s1. The van der Waals surface area contributed by atoms with Crippen molar-refractivity contribution in [1.29, 1.82) is 0 Å². The average Bonchev–Trinajstić information content (AvgIpc) is 3.12. The average molecular weight is 643 g/mol. The second kappa shape index (κ2) is 19.3. The van der Waals surface area contributed by atoms with Crippen LogP contribution in [0.1, 0.15) is 130 Å². The highest BCUT2D eigenvalue weighted by atomic mass is 16.2. The molecule has 258 valence electrons. The van der Waals surface area contributed by atoms with Crippen molar-refractivity contribution in [3.63, 3.8) is 0 Å². The van der Waals surface area contributed by atoms with Crippen molar-refractivity contribution in [1.82, 2.24) is 20.4 Å². The van der Waals surface area contributed by atoms with E-state index in [9.17, 15) is 9.59 Å². The molecule has 2 aliphatic carbocycles. The maximum atomic E-state index is 12.7. The lowest BCUT2D eigenvalue weighted by molar-refractivity contribution is 0.0869. The lowest BCUT2D eigenvalue weighted by Gasteiger charge is -2.37. The summed E-state index contributed by atoms with van der Waals surface area (Å²) in [5, 5.41) is 6.67. The van der Waals surface area contributed by atoms with Crippen LogP contribution in [-0.4, -0.2) is 73.0 Å². The van der Waals surface area contributed by atoms with Gasteiger partial charge in [0, 0.05) is 36.3 Å². The molecule has 0 unspecified atom stereocenters. The first-order valence-electron chi connectivity index (χ1n) is 19.3. The first-order valence-corrected chi connectivity index (χ1v) is 19.3. The Balaban J connectivity index is 0.000000186. The summed E-state index contributed by atoms with van der Waals surface area (Å²) in [7, 11) is 0. The molecule has 2 saturated heterocycles. The van der Waals surface area contributed by atoms with Gasteiger partial charge in [0.15, 0.2) is 0 Å². The van der Waals surface area contributed by atoms with Gasteiger partial charge in [-0.1, -0.05) is 82.2 Å². The van der Waals surface area contributed by atoms with Gasteiger partial charge < -0.3 is 20.4 Å². The fraction of sp³-hybridized carbons (Fsp3) is 0.659. The maximum absolute atomic E-state index is 12.7. The number of aryl methyl sites for hydroxylation is 1. The fourth-order valence-electron chi connectivity index (χ4n) is 8.38. The zero-order valence-electron chi connectivity index (χ0n) is 29.3. The van der Waals surface area contributed by atoms with E-state index in [0.29, 0.717) is 23.9 Å². The number of carbonyl (C=O) groups excluding carboxylic acids is 2. The summed E-state index contributed by atoms with van der Waals surface area (Å²) in [6, 6.07) is 18.5. The van der Waals surface area contributed by atoms with Gasteiger partial charge in [0.25, 0.3) is 11.8 Å². The number of nitrogens with zero attached hydrogens (tertiary/aromatic N) is 2. The van der Waals surface area contributed by atoms with E-state index in [1.807, 2.05) is 42.5 Å². The Morgan fingerprint density at radius 3 is 1.49 bits per heavy atom. The van der Waals surface area contributed by atoms with E-state index in [1.54, 1.807) is 0 Å². The third kappa shape index (κ3) is 11.5. The Morgan fingerprint density at radius 1 is 0.574 bits per heavy atom. The van der Waals surface area contributed by atoms with E-state index in [0.717, 1.165) is 36.8 Å². The van der Waals surface area contributed by atoms with Crippen molar-refractivity contribution in [2.24, 2.45) is 11.8 Å². The number of piperidine rings is 2. The minimum Gasteiger partial charge on any atom is -0.349 e. The van der Waals surface area contributed by atoms with Gasteiger partial charge in [-0.3, -0.25) is 9.59 Å². The van der Waals surface area contributed by atoms with Crippen LogP contribution in [0.5, 0.6) is 0 Å². The van der Waals surface area contributed by atoms with Crippen LogP contribution in [0.4, 0.5) is 0 Å². The lowest BCUT2D eigenvalue weighted by atomic mass is 9.83. The SMILES string of the molecule is CCCc1ccc(C(=O)N[C@@H]2CCCC[C@H]2CN2CCCCC2)cc1.O=C(N[C@@H]1CCCC[C@H]1CN1CCCCC1)c1ccccc1. The number of amides is 2. The van der Waals surface area contributed by atoms with Crippen LogP contribution in [-0.2, 0) is 6.42 Å². The molecule has 2 aliphatic heterocycles. The van der Waals surface area contributed by atoms with Gasteiger partial charge in [0.05, 0.1) is 0 Å². The normalized spacial score (nSPS) is 25.6. The van der Waals surface area contributed by atoms with Gasteiger partial charge in [0.1, 0.15) is 0 Å². The molecule has 0 spiro atoms. The molecule has 2 aromatic rings. The van der Waals surface area contributed by atoms with Crippen molar-refractivity contribution in [3.8, 4) is 0 Å². The van der Waals surface area contributed by atoms with Crippen molar-refractivity contribution in [2.75, 3.05) is 39.3 Å². The van der Waals surface area contributed by atoms with Crippen molar-refractivity contribution in [3.05, 3.63) is 71.3 Å². The number of benzene rings is 2. The molecule has 0 bridgehead atoms. The monoisotopic (exact) mass is 642 g/mol. The quantitative estimate of drug-likeness (QED) is 0.277. The molecule has 4 atom stereocenters. The minimum atomic E-state index is 0.0937. The zero-order chi connectivity index (χ0) is 32.7. The molecular weight excluding hydrogens is 580 g/mol. The summed E-state index contributed by atoms with van der Waals surface area (Å²) in [6.07, 6.45) is 20.3. The Kier molecular flexibility index (Phi) is 14.6. The molecule has 6 heteroatoms. The lowest BCUT2D eigenvalue weighted by Crippen LogP contribution is -2.47. The Hall–Kier alpha value is -2.70. The highest BCUT2D eigenvalue weighted by Crippen LogP contribution is 2.28. The predicted molar refractivity (Wildman–Crippen MR) is 194 cm³/mol. The fourth-order valence-corrected chi connectivity index (χ4v) is 8.38. The highest BCUT2D eigenvalue weighted by molar-refractivity contribution is 5.94. The van der Waals surface area contributed by atoms with Crippen molar-refractivity contribution < 1.29 is 9.59 Å². The number of rotatable bonds is 10. The van der Waals surface area contributed by atoms with E-state index in [4.69, 9.17) is 0 Å². The Morgan fingerprint density at radius 2 is 1.02 bits per heavy atom. The maximum Gasteiger partial charge on any atom is 0.251 e. The predicted octanol–water partition coefficient (Wildman–Crippen LogP) is 7.87. The van der Waals surface area contributed by atoms with Crippen molar-refractivity contribution in [2.45, 2.75) is 122 Å². The molecule has 4 fully saturated rings. The molecule has 0 aromatic heterocycles. The molecule has 2 N–H and O–H groups in total. The molecule has 6 nitrogen and oxygen atoms in total. The molecular formula is C41H62N4O2. The molecule has 4 aliphatic rings. The summed E-state index contributed by atoms with van der Waals surface area (Å²) in [5.74, 6) is 1.45. The second-order valence-electron chi connectivity index (χ2n) is 14.8. The van der Waals surface area contributed by atoms with E-state index < -0.39 is 0 Å².